The van der Waals surface area contributed by atoms with Gasteiger partial charge in [0.05, 0.1) is 63.8 Å². The van der Waals surface area contributed by atoms with Crippen LogP contribution in [-0.2, 0) is 50.1 Å². The maximum atomic E-state index is 14.5. The lowest BCUT2D eigenvalue weighted by molar-refractivity contribution is -0.275. The monoisotopic (exact) mass is 816 g/mol. The van der Waals surface area contributed by atoms with Crippen molar-refractivity contribution in [3.63, 3.8) is 0 Å². The fourth-order valence-electron chi connectivity index (χ4n) is 8.35. The lowest BCUT2D eigenvalue weighted by Crippen LogP contribution is -2.58. The zero-order chi connectivity index (χ0) is 41.4. The van der Waals surface area contributed by atoms with Gasteiger partial charge >= 0.3 is 0 Å². The van der Waals surface area contributed by atoms with E-state index in [0.29, 0.717) is 46.8 Å². The summed E-state index contributed by atoms with van der Waals surface area (Å²) in [7, 11) is 1.56. The lowest BCUT2D eigenvalue weighted by Gasteiger charge is -2.47. The molecule has 6 aromatic carbocycles. The minimum Gasteiger partial charge on any atom is -0.495 e. The van der Waals surface area contributed by atoms with Crippen LogP contribution in [0.2, 0.25) is 0 Å². The average Bonchev–Trinajstić information content (AvgIpc) is 3.80. The maximum absolute atomic E-state index is 14.5. The quantitative estimate of drug-likeness (QED) is 0.0945. The van der Waals surface area contributed by atoms with Crippen molar-refractivity contribution in [3.05, 3.63) is 203 Å². The minimum absolute atomic E-state index is 0.113. The summed E-state index contributed by atoms with van der Waals surface area (Å²) in [6.07, 6.45) is -2.62. The zero-order valence-electron chi connectivity index (χ0n) is 34.0. The van der Waals surface area contributed by atoms with Gasteiger partial charge in [-0.15, -0.1) is 0 Å². The number of ketones is 1. The first-order chi connectivity index (χ1) is 30.1. The molecule has 1 unspecified atom stereocenters. The van der Waals surface area contributed by atoms with E-state index in [2.05, 4.69) is 0 Å². The van der Waals surface area contributed by atoms with E-state index in [-0.39, 0.29) is 32.0 Å². The SMILES string of the molecule is COc1c2c(c([C@@H]3O[C@H](COCc4ccccc4)[C@@H](OCc4ccccc4)[C@H](OCc4ccccc4)[C@H]3OCc3ccccc3)c3occc13)OC(c1ccccc1)CC2=O. The number of fused-ring (bicyclic) bond motifs is 2. The summed E-state index contributed by atoms with van der Waals surface area (Å²) in [4.78, 5) is 14.5. The Kier molecular flexibility index (Phi) is 12.6. The first kappa shape index (κ1) is 40.3. The largest absolute Gasteiger partial charge is 0.495 e. The van der Waals surface area contributed by atoms with Gasteiger partial charge in [-0.1, -0.05) is 152 Å². The predicted octanol–water partition coefficient (Wildman–Crippen LogP) is 10.6. The van der Waals surface area contributed by atoms with Crippen molar-refractivity contribution in [1.29, 1.82) is 0 Å². The third-order valence-electron chi connectivity index (χ3n) is 11.3. The summed E-state index contributed by atoms with van der Waals surface area (Å²) in [5.41, 5.74) is 6.18. The number of methoxy groups -OCH3 is 1. The van der Waals surface area contributed by atoms with Gasteiger partial charge in [-0.2, -0.15) is 0 Å². The van der Waals surface area contributed by atoms with E-state index in [1.807, 2.05) is 158 Å². The highest BCUT2D eigenvalue weighted by Gasteiger charge is 2.52. The number of furan rings is 1. The summed E-state index contributed by atoms with van der Waals surface area (Å²) in [6, 6.07) is 51.7. The Balaban J connectivity index is 1.19. The van der Waals surface area contributed by atoms with Crippen LogP contribution in [-0.4, -0.2) is 43.9 Å². The molecule has 9 nitrogen and oxygen atoms in total. The second kappa shape index (κ2) is 19.1. The Morgan fingerprint density at radius 3 is 1.66 bits per heavy atom. The van der Waals surface area contributed by atoms with Gasteiger partial charge in [0.1, 0.15) is 59.3 Å². The number of carbonyl (C=O) groups is 1. The highest BCUT2D eigenvalue weighted by Crippen LogP contribution is 2.52. The van der Waals surface area contributed by atoms with E-state index in [1.165, 1.54) is 0 Å². The molecule has 310 valence electrons. The van der Waals surface area contributed by atoms with Gasteiger partial charge in [-0.05, 0) is 33.9 Å². The third kappa shape index (κ3) is 9.03. The summed E-state index contributed by atoms with van der Waals surface area (Å²) >= 11 is 0. The summed E-state index contributed by atoms with van der Waals surface area (Å²) in [5.74, 6) is 0.606. The summed E-state index contributed by atoms with van der Waals surface area (Å²) in [6.45, 7) is 1.32. The Hall–Kier alpha value is -6.07. The molecule has 0 amide bonds. The second-order valence-electron chi connectivity index (χ2n) is 15.3. The van der Waals surface area contributed by atoms with Gasteiger partial charge in [0.25, 0.3) is 0 Å². The van der Waals surface area contributed by atoms with Crippen LogP contribution in [0.1, 0.15) is 62.4 Å². The van der Waals surface area contributed by atoms with Crippen molar-refractivity contribution in [2.75, 3.05) is 13.7 Å². The van der Waals surface area contributed by atoms with Crippen molar-refractivity contribution in [1.82, 2.24) is 0 Å². The van der Waals surface area contributed by atoms with Crippen LogP contribution in [0.25, 0.3) is 11.0 Å². The first-order valence-corrected chi connectivity index (χ1v) is 20.7. The first-order valence-electron chi connectivity index (χ1n) is 20.7. The third-order valence-corrected chi connectivity index (χ3v) is 11.3. The fraction of sp³-hybridized carbons (Fsp3) is 0.250. The summed E-state index contributed by atoms with van der Waals surface area (Å²) in [5, 5.41) is 0.623. The van der Waals surface area contributed by atoms with Crippen LogP contribution in [0.15, 0.2) is 168 Å². The molecular weight excluding hydrogens is 769 g/mol. The molecule has 3 heterocycles. The highest BCUT2D eigenvalue weighted by molar-refractivity contribution is 6.09. The summed E-state index contributed by atoms with van der Waals surface area (Å²) < 4.78 is 54.2. The van der Waals surface area contributed by atoms with Crippen LogP contribution in [0, 0.1) is 0 Å². The Labute approximate surface area is 355 Å². The molecule has 1 saturated heterocycles. The zero-order valence-corrected chi connectivity index (χ0v) is 34.0. The van der Waals surface area contributed by atoms with Crippen molar-refractivity contribution >= 4 is 16.8 Å². The van der Waals surface area contributed by atoms with E-state index >= 15 is 0 Å². The van der Waals surface area contributed by atoms with Gasteiger partial charge in [0, 0.05) is 0 Å². The number of Topliss-reactive ketones (excluding diaryl/α,β-unsaturated/α-hetero) is 1. The molecule has 0 aliphatic carbocycles. The average molecular weight is 817 g/mol. The Morgan fingerprint density at radius 1 is 0.590 bits per heavy atom. The number of ether oxygens (including phenoxy) is 7. The van der Waals surface area contributed by atoms with Crippen LogP contribution < -0.4 is 9.47 Å². The molecule has 0 N–H and O–H groups in total. The molecule has 9 rings (SSSR count). The van der Waals surface area contributed by atoms with E-state index in [1.54, 1.807) is 13.4 Å². The van der Waals surface area contributed by atoms with Crippen molar-refractivity contribution < 1.29 is 42.4 Å². The van der Waals surface area contributed by atoms with Gasteiger partial charge in [0.15, 0.2) is 5.78 Å². The minimum atomic E-state index is -0.901. The smallest absolute Gasteiger partial charge is 0.174 e. The number of hydrogen-bond acceptors (Lipinski definition) is 9. The number of benzene rings is 6. The number of rotatable bonds is 16. The maximum Gasteiger partial charge on any atom is 0.174 e. The number of hydrogen-bond donors (Lipinski definition) is 0. The van der Waals surface area contributed by atoms with Crippen molar-refractivity contribution in [2.24, 2.45) is 0 Å². The molecule has 0 radical (unpaired) electrons. The molecule has 0 spiro atoms. The molecule has 0 saturated carbocycles. The van der Waals surface area contributed by atoms with E-state index < -0.39 is 36.6 Å². The molecule has 6 atom stereocenters. The molecule has 2 aliphatic heterocycles. The normalized spacial score (nSPS) is 21.2. The fourth-order valence-corrected chi connectivity index (χ4v) is 8.35. The van der Waals surface area contributed by atoms with Crippen LogP contribution in [0.4, 0.5) is 0 Å². The van der Waals surface area contributed by atoms with Crippen LogP contribution in [0.5, 0.6) is 11.5 Å². The van der Waals surface area contributed by atoms with Gasteiger partial charge in [-0.25, -0.2) is 0 Å². The molecule has 9 heteroatoms. The van der Waals surface area contributed by atoms with E-state index in [0.717, 1.165) is 27.8 Å². The lowest BCUT2D eigenvalue weighted by atomic mass is 9.85. The molecule has 61 heavy (non-hydrogen) atoms. The molecule has 1 aromatic heterocycles. The Morgan fingerprint density at radius 2 is 1.10 bits per heavy atom. The highest BCUT2D eigenvalue weighted by atomic mass is 16.6. The molecule has 1 fully saturated rings. The van der Waals surface area contributed by atoms with E-state index in [4.69, 9.17) is 37.6 Å². The van der Waals surface area contributed by atoms with Gasteiger partial charge in [0.2, 0.25) is 0 Å². The van der Waals surface area contributed by atoms with Crippen molar-refractivity contribution in [2.45, 2.75) is 69.5 Å². The molecule has 2 aliphatic rings. The standard InChI is InChI=1S/C52H48O9/c1-54-46-40-27-28-56-47(40)45(49-44(46)41(53)29-42(60-49)39-25-15-6-16-26-39)50-52(59-33-38-23-13-5-14-24-38)51(58-32-37-21-11-4-12-22-37)48(57-31-36-19-9-3-10-20-36)43(61-50)34-55-30-35-17-7-2-8-18-35/h2-28,42-43,48,50-52H,29-34H2,1H3/t42?,43-,48-,50+,51+,52+/m1/s1. The van der Waals surface area contributed by atoms with Crippen LogP contribution >= 0.6 is 0 Å². The number of carbonyl (C=O) groups excluding carboxylic acids is 1. The van der Waals surface area contributed by atoms with Crippen molar-refractivity contribution in [3.8, 4) is 11.5 Å². The van der Waals surface area contributed by atoms with Gasteiger partial charge < -0.3 is 37.6 Å². The molecule has 7 aromatic rings. The topological polar surface area (TPSA) is 94.8 Å². The van der Waals surface area contributed by atoms with E-state index in [9.17, 15) is 4.79 Å². The molecular formula is C52H48O9. The van der Waals surface area contributed by atoms with Gasteiger partial charge in [-0.3, -0.25) is 4.79 Å². The molecule has 0 bridgehead atoms. The Bertz CT molecular complexity index is 2480. The predicted molar refractivity (Wildman–Crippen MR) is 230 cm³/mol. The second-order valence-corrected chi connectivity index (χ2v) is 15.3. The van der Waals surface area contributed by atoms with Crippen LogP contribution in [0.3, 0.4) is 0 Å².